The Kier molecular flexibility index (Phi) is 3.44. The minimum absolute atomic E-state index is 0.0664. The molecule has 2 heterocycles. The maximum atomic E-state index is 10.7. The van der Waals surface area contributed by atoms with Crippen LogP contribution in [0.25, 0.3) is 0 Å². The summed E-state index contributed by atoms with van der Waals surface area (Å²) in [5, 5.41) is 14.4. The third-order valence-corrected chi connectivity index (χ3v) is 6.90. The lowest BCUT2D eigenvalue weighted by Crippen LogP contribution is -2.57. The fourth-order valence-corrected chi connectivity index (χ4v) is 5.70. The molecule has 2 aromatic rings. The van der Waals surface area contributed by atoms with Gasteiger partial charge in [0.05, 0.1) is 12.1 Å². The molecule has 0 amide bonds. The lowest BCUT2D eigenvalue weighted by atomic mass is 9.64. The summed E-state index contributed by atoms with van der Waals surface area (Å²) in [5.41, 5.74) is 5.53. The molecule has 3 nitrogen and oxygen atoms in total. The Morgan fingerprint density at radius 1 is 1.12 bits per heavy atom. The van der Waals surface area contributed by atoms with Gasteiger partial charge in [0.15, 0.2) is 0 Å². The van der Waals surface area contributed by atoms with E-state index in [1.165, 1.54) is 22.4 Å². The van der Waals surface area contributed by atoms with Crippen LogP contribution in [-0.4, -0.2) is 34.7 Å². The van der Waals surface area contributed by atoms with Crippen molar-refractivity contribution in [1.82, 2.24) is 4.90 Å². The summed E-state index contributed by atoms with van der Waals surface area (Å²) in [6.07, 6.45) is 2.86. The summed E-state index contributed by atoms with van der Waals surface area (Å²) >= 11 is 0. The highest BCUT2D eigenvalue weighted by molar-refractivity contribution is 5.64. The number of likely N-dealkylation sites (tertiary alicyclic amines) is 1. The Morgan fingerprint density at radius 2 is 1.92 bits per heavy atom. The summed E-state index contributed by atoms with van der Waals surface area (Å²) in [4.78, 5) is 2.67. The molecule has 3 heteroatoms. The van der Waals surface area contributed by atoms with E-state index in [0.29, 0.717) is 6.04 Å². The Labute approximate surface area is 149 Å². The van der Waals surface area contributed by atoms with Crippen LogP contribution in [0.1, 0.15) is 36.0 Å². The van der Waals surface area contributed by atoms with E-state index >= 15 is 0 Å². The highest BCUT2D eigenvalue weighted by Gasteiger charge is 2.60. The molecule has 2 fully saturated rings. The molecule has 3 aliphatic rings. The van der Waals surface area contributed by atoms with Crippen molar-refractivity contribution >= 4 is 5.69 Å². The molecule has 1 saturated carbocycles. The minimum Gasteiger partial charge on any atom is -0.391 e. The summed E-state index contributed by atoms with van der Waals surface area (Å²) in [6.45, 7) is 4.34. The first-order valence-corrected chi connectivity index (χ1v) is 9.53. The van der Waals surface area contributed by atoms with Gasteiger partial charge in [0.1, 0.15) is 0 Å². The number of para-hydroxylation sites is 1. The first-order valence-electron chi connectivity index (χ1n) is 9.53. The second-order valence-electron chi connectivity index (χ2n) is 8.02. The average Bonchev–Trinajstić information content (AvgIpc) is 3.16. The molecule has 0 radical (unpaired) electrons. The van der Waals surface area contributed by atoms with E-state index in [4.69, 9.17) is 0 Å². The molecule has 2 aliphatic heterocycles. The zero-order valence-corrected chi connectivity index (χ0v) is 14.8. The van der Waals surface area contributed by atoms with Crippen LogP contribution >= 0.6 is 0 Å². The molecule has 1 aliphatic carbocycles. The van der Waals surface area contributed by atoms with Crippen LogP contribution in [0.5, 0.6) is 0 Å². The number of aliphatic hydroxyl groups excluding tert-OH is 1. The summed E-state index contributed by atoms with van der Waals surface area (Å²) in [6, 6.07) is 18.1. The molecule has 1 spiro atoms. The predicted molar refractivity (Wildman–Crippen MR) is 101 cm³/mol. The molecular weight excluding hydrogens is 308 g/mol. The first-order chi connectivity index (χ1) is 12.2. The molecule has 0 unspecified atom stereocenters. The van der Waals surface area contributed by atoms with Crippen molar-refractivity contribution in [2.24, 2.45) is 0 Å². The van der Waals surface area contributed by atoms with Gasteiger partial charge in [-0.25, -0.2) is 0 Å². The molecule has 2 aromatic carbocycles. The molecule has 0 bridgehead atoms. The zero-order valence-electron chi connectivity index (χ0n) is 14.8. The van der Waals surface area contributed by atoms with Gasteiger partial charge in [-0.2, -0.15) is 0 Å². The van der Waals surface area contributed by atoms with Crippen molar-refractivity contribution < 1.29 is 5.11 Å². The number of nitrogens with one attached hydrogen (secondary N) is 1. The molecule has 0 aromatic heterocycles. The van der Waals surface area contributed by atoms with Gasteiger partial charge in [-0.15, -0.1) is 0 Å². The van der Waals surface area contributed by atoms with E-state index < -0.39 is 0 Å². The van der Waals surface area contributed by atoms with Crippen LogP contribution in [0.3, 0.4) is 0 Å². The molecule has 130 valence electrons. The monoisotopic (exact) mass is 334 g/mol. The largest absolute Gasteiger partial charge is 0.391 e. The summed E-state index contributed by atoms with van der Waals surface area (Å²) in [7, 11) is 0. The first kappa shape index (κ1) is 15.4. The Balaban J connectivity index is 1.53. The van der Waals surface area contributed by atoms with Crippen LogP contribution in [0.15, 0.2) is 48.5 Å². The maximum Gasteiger partial charge on any atom is 0.0751 e. The number of aryl methyl sites for hydroxylation is 1. The summed E-state index contributed by atoms with van der Waals surface area (Å²) < 4.78 is 0. The van der Waals surface area contributed by atoms with Crippen molar-refractivity contribution in [2.45, 2.75) is 56.3 Å². The lowest BCUT2D eigenvalue weighted by molar-refractivity contribution is 0.0412. The number of hydrogen-bond donors (Lipinski definition) is 2. The molecule has 5 rings (SSSR count). The van der Waals surface area contributed by atoms with Gasteiger partial charge in [-0.05, 0) is 55.5 Å². The van der Waals surface area contributed by atoms with Crippen LogP contribution in [0, 0.1) is 6.92 Å². The quantitative estimate of drug-likeness (QED) is 0.883. The van der Waals surface area contributed by atoms with Crippen molar-refractivity contribution in [3.8, 4) is 0 Å². The van der Waals surface area contributed by atoms with Gasteiger partial charge < -0.3 is 10.4 Å². The minimum atomic E-state index is -0.248. The number of benzene rings is 2. The lowest BCUT2D eigenvalue weighted by Gasteiger charge is -2.46. The third-order valence-electron chi connectivity index (χ3n) is 6.90. The summed E-state index contributed by atoms with van der Waals surface area (Å²) in [5.74, 6) is 0. The van der Waals surface area contributed by atoms with Gasteiger partial charge in [0.2, 0.25) is 0 Å². The van der Waals surface area contributed by atoms with Crippen LogP contribution in [-0.2, 0) is 12.0 Å². The Bertz CT molecular complexity index is 804. The standard InChI is InChI=1S/C22H26N2O/c1-15-6-2-3-7-16(15)14-24-13-12-22-17-8-4-5-9-18(17)23-21(22)19(25)10-11-20(22)24/h2-9,19-21,23,25H,10-14H2,1H3/t19-,20-,21-,22+/m0/s1. The number of anilines is 1. The number of rotatable bonds is 2. The van der Waals surface area contributed by atoms with Crippen LogP contribution in [0.4, 0.5) is 5.69 Å². The van der Waals surface area contributed by atoms with Crippen molar-refractivity contribution in [2.75, 3.05) is 11.9 Å². The smallest absolute Gasteiger partial charge is 0.0751 e. The highest BCUT2D eigenvalue weighted by Crippen LogP contribution is 2.55. The molecular formula is C22H26N2O. The van der Waals surface area contributed by atoms with Gasteiger partial charge in [0.25, 0.3) is 0 Å². The highest BCUT2D eigenvalue weighted by atomic mass is 16.3. The maximum absolute atomic E-state index is 10.7. The van der Waals surface area contributed by atoms with Gasteiger partial charge in [0, 0.05) is 23.7 Å². The van der Waals surface area contributed by atoms with Crippen molar-refractivity contribution in [3.63, 3.8) is 0 Å². The van der Waals surface area contributed by atoms with E-state index in [1.54, 1.807) is 0 Å². The van der Waals surface area contributed by atoms with Crippen molar-refractivity contribution in [3.05, 3.63) is 65.2 Å². The SMILES string of the molecule is Cc1ccccc1CN1CC[C@]23c4ccccc4N[C@H]2[C@@H](O)CC[C@H]13. The van der Waals surface area contributed by atoms with E-state index in [1.807, 2.05) is 0 Å². The van der Waals surface area contributed by atoms with Gasteiger partial charge >= 0.3 is 0 Å². The second-order valence-corrected chi connectivity index (χ2v) is 8.02. The molecule has 1 saturated heterocycles. The predicted octanol–water partition coefficient (Wildman–Crippen LogP) is 3.46. The van der Waals surface area contributed by atoms with Crippen molar-refractivity contribution in [1.29, 1.82) is 0 Å². The zero-order chi connectivity index (χ0) is 17.0. The second kappa shape index (κ2) is 5.58. The normalized spacial score (nSPS) is 33.4. The van der Waals surface area contributed by atoms with E-state index in [9.17, 15) is 5.11 Å². The van der Waals surface area contributed by atoms with Gasteiger partial charge in [-0.1, -0.05) is 42.5 Å². The third kappa shape index (κ3) is 2.12. The number of fused-ring (bicyclic) bond motifs is 1. The number of nitrogens with zero attached hydrogens (tertiary/aromatic N) is 1. The Hall–Kier alpha value is -1.84. The number of aliphatic hydroxyl groups is 1. The fraction of sp³-hybridized carbons (Fsp3) is 0.455. The van der Waals surface area contributed by atoms with Gasteiger partial charge in [-0.3, -0.25) is 4.90 Å². The van der Waals surface area contributed by atoms with E-state index in [0.717, 1.165) is 32.4 Å². The molecule has 4 atom stereocenters. The van der Waals surface area contributed by atoms with Crippen LogP contribution in [0.2, 0.25) is 0 Å². The molecule has 25 heavy (non-hydrogen) atoms. The number of hydrogen-bond acceptors (Lipinski definition) is 3. The fourth-order valence-electron chi connectivity index (χ4n) is 5.70. The van der Waals surface area contributed by atoms with Crippen LogP contribution < -0.4 is 5.32 Å². The van der Waals surface area contributed by atoms with E-state index in [-0.39, 0.29) is 17.6 Å². The topological polar surface area (TPSA) is 35.5 Å². The van der Waals surface area contributed by atoms with E-state index in [2.05, 4.69) is 65.7 Å². The average molecular weight is 334 g/mol. The Morgan fingerprint density at radius 3 is 2.80 bits per heavy atom. The molecule has 2 N–H and O–H groups in total.